The number of hydrogen-bond acceptors (Lipinski definition) is 6. The molecule has 18 heavy (non-hydrogen) atoms. The Morgan fingerprint density at radius 1 is 1.06 bits per heavy atom. The number of rotatable bonds is 6. The molecule has 0 aliphatic heterocycles. The van der Waals surface area contributed by atoms with Crippen LogP contribution in [0.5, 0.6) is 0 Å². The highest BCUT2D eigenvalue weighted by molar-refractivity contribution is 5.73. The summed E-state index contributed by atoms with van der Waals surface area (Å²) in [7, 11) is 0. The molecule has 1 aromatic carbocycles. The van der Waals surface area contributed by atoms with Crippen molar-refractivity contribution in [3.05, 3.63) is 50.5 Å². The van der Waals surface area contributed by atoms with E-state index in [-0.39, 0.29) is 24.5 Å². The van der Waals surface area contributed by atoms with Crippen molar-refractivity contribution < 1.29 is 5.11 Å². The Bertz CT molecular complexity index is 588. The Hall–Kier alpha value is -2.21. The molecule has 1 aromatic heterocycles. The van der Waals surface area contributed by atoms with E-state index in [0.29, 0.717) is 6.54 Å². The highest BCUT2D eigenvalue weighted by atomic mass is 16.3. The summed E-state index contributed by atoms with van der Waals surface area (Å²) in [6, 6.07) is 3.64. The van der Waals surface area contributed by atoms with Gasteiger partial charge in [0.25, 0.3) is 10.9 Å². The molecule has 3 N–H and O–H groups in total. The lowest BCUT2D eigenvalue weighted by molar-refractivity contribution is 0.311. The summed E-state index contributed by atoms with van der Waals surface area (Å²) in [5.41, 5.74) is 0.435. The van der Waals surface area contributed by atoms with Crippen LogP contribution in [-0.4, -0.2) is 23.2 Å². The first-order valence-corrected chi connectivity index (χ1v) is 5.55. The molecule has 6 nitrogen and oxygen atoms in total. The lowest BCUT2D eigenvalue weighted by atomic mass is 10.1. The standard InChI is InChI=1S/C12H13N3O3/c16-6-5-14-9-10(12(18)11(9)17)15-7-8-1-3-13-4-2-8/h1-4,14-16H,5-7H2. The van der Waals surface area contributed by atoms with Crippen molar-refractivity contribution in [3.8, 4) is 0 Å². The smallest absolute Gasteiger partial charge is 0.253 e. The van der Waals surface area contributed by atoms with Crippen LogP contribution in [0.1, 0.15) is 5.56 Å². The Kier molecular flexibility index (Phi) is 3.69. The Labute approximate surface area is 103 Å². The van der Waals surface area contributed by atoms with Crippen LogP contribution in [0.4, 0.5) is 11.4 Å². The molecule has 6 heteroatoms. The van der Waals surface area contributed by atoms with Crippen LogP contribution in [0.2, 0.25) is 0 Å². The summed E-state index contributed by atoms with van der Waals surface area (Å²) in [5, 5.41) is 14.3. The second-order valence-electron chi connectivity index (χ2n) is 3.77. The molecule has 2 aromatic rings. The molecule has 0 bridgehead atoms. The van der Waals surface area contributed by atoms with Crippen molar-refractivity contribution >= 4 is 11.4 Å². The molecular weight excluding hydrogens is 234 g/mol. The van der Waals surface area contributed by atoms with Gasteiger partial charge in [0.2, 0.25) is 0 Å². The van der Waals surface area contributed by atoms with E-state index in [2.05, 4.69) is 15.6 Å². The van der Waals surface area contributed by atoms with Gasteiger partial charge < -0.3 is 15.7 Å². The van der Waals surface area contributed by atoms with Crippen molar-refractivity contribution in [1.29, 1.82) is 0 Å². The second kappa shape index (κ2) is 5.42. The molecular formula is C12H13N3O3. The fourth-order valence-corrected chi connectivity index (χ4v) is 1.60. The Morgan fingerprint density at radius 3 is 2.28 bits per heavy atom. The van der Waals surface area contributed by atoms with Gasteiger partial charge in [-0.1, -0.05) is 0 Å². The third-order valence-electron chi connectivity index (χ3n) is 2.54. The van der Waals surface area contributed by atoms with E-state index in [1.807, 2.05) is 12.1 Å². The lowest BCUT2D eigenvalue weighted by Crippen LogP contribution is -2.37. The average molecular weight is 247 g/mol. The predicted molar refractivity (Wildman–Crippen MR) is 68.5 cm³/mol. The normalized spacial score (nSPS) is 10.5. The fraction of sp³-hybridized carbons (Fsp3) is 0.250. The molecule has 0 fully saturated rings. The molecule has 0 aliphatic rings. The average Bonchev–Trinajstić information content (AvgIpc) is 2.42. The molecule has 0 saturated heterocycles. The van der Waals surface area contributed by atoms with Crippen molar-refractivity contribution in [3.63, 3.8) is 0 Å². The van der Waals surface area contributed by atoms with Gasteiger partial charge in [0.05, 0.1) is 6.61 Å². The van der Waals surface area contributed by atoms with E-state index in [0.717, 1.165) is 5.56 Å². The van der Waals surface area contributed by atoms with Gasteiger partial charge in [-0.05, 0) is 17.7 Å². The molecule has 0 saturated carbocycles. The summed E-state index contributed by atoms with van der Waals surface area (Å²) in [6.07, 6.45) is 3.31. The van der Waals surface area contributed by atoms with Gasteiger partial charge in [0, 0.05) is 25.5 Å². The SMILES string of the molecule is O=c1c(NCCO)c(NCc2ccncc2)c1=O. The third kappa shape index (κ3) is 2.38. The maximum atomic E-state index is 11.4. The van der Waals surface area contributed by atoms with Gasteiger partial charge in [-0.25, -0.2) is 0 Å². The minimum atomic E-state index is -0.541. The molecule has 0 radical (unpaired) electrons. The predicted octanol–water partition coefficient (Wildman–Crippen LogP) is -0.306. The number of nitrogens with zero attached hydrogens (tertiary/aromatic N) is 1. The van der Waals surface area contributed by atoms with Gasteiger partial charge in [0.1, 0.15) is 11.4 Å². The van der Waals surface area contributed by atoms with E-state index in [4.69, 9.17) is 5.11 Å². The van der Waals surface area contributed by atoms with Crippen molar-refractivity contribution in [1.82, 2.24) is 4.98 Å². The molecule has 2 rings (SSSR count). The summed E-state index contributed by atoms with van der Waals surface area (Å²) in [6.45, 7) is 0.596. The Balaban J connectivity index is 2.04. The minimum absolute atomic E-state index is 0.0946. The molecule has 0 atom stereocenters. The topological polar surface area (TPSA) is 91.3 Å². The first-order chi connectivity index (χ1) is 8.74. The van der Waals surface area contributed by atoms with Gasteiger partial charge in [-0.3, -0.25) is 14.6 Å². The quantitative estimate of drug-likeness (QED) is 0.607. The van der Waals surface area contributed by atoms with Gasteiger partial charge >= 0.3 is 0 Å². The first kappa shape index (κ1) is 12.3. The summed E-state index contributed by atoms with van der Waals surface area (Å²) in [4.78, 5) is 26.5. The second-order valence-corrected chi connectivity index (χ2v) is 3.77. The fourth-order valence-electron chi connectivity index (χ4n) is 1.60. The van der Waals surface area contributed by atoms with E-state index >= 15 is 0 Å². The van der Waals surface area contributed by atoms with Crippen molar-refractivity contribution in [2.24, 2.45) is 0 Å². The largest absolute Gasteiger partial charge is 0.395 e. The van der Waals surface area contributed by atoms with Crippen LogP contribution in [0, 0.1) is 0 Å². The number of aromatic nitrogens is 1. The van der Waals surface area contributed by atoms with Crippen LogP contribution in [0.15, 0.2) is 34.1 Å². The zero-order valence-corrected chi connectivity index (χ0v) is 9.64. The van der Waals surface area contributed by atoms with Gasteiger partial charge in [0.15, 0.2) is 0 Å². The van der Waals surface area contributed by atoms with Crippen LogP contribution in [0.25, 0.3) is 0 Å². The van der Waals surface area contributed by atoms with Crippen LogP contribution >= 0.6 is 0 Å². The molecule has 1 heterocycles. The summed E-state index contributed by atoms with van der Waals surface area (Å²) >= 11 is 0. The minimum Gasteiger partial charge on any atom is -0.395 e. The maximum absolute atomic E-state index is 11.4. The number of nitrogens with one attached hydrogen (secondary N) is 2. The van der Waals surface area contributed by atoms with E-state index in [9.17, 15) is 9.59 Å². The molecule has 0 unspecified atom stereocenters. The third-order valence-corrected chi connectivity index (χ3v) is 2.54. The summed E-state index contributed by atoms with van der Waals surface area (Å²) in [5.74, 6) is 0. The molecule has 0 aliphatic carbocycles. The monoisotopic (exact) mass is 247 g/mol. The van der Waals surface area contributed by atoms with E-state index < -0.39 is 10.9 Å². The highest BCUT2D eigenvalue weighted by Crippen LogP contribution is 2.14. The van der Waals surface area contributed by atoms with Crippen LogP contribution in [-0.2, 0) is 6.54 Å². The zero-order valence-electron chi connectivity index (χ0n) is 9.64. The number of aliphatic hydroxyl groups is 1. The molecule has 0 spiro atoms. The molecule has 94 valence electrons. The first-order valence-electron chi connectivity index (χ1n) is 5.55. The van der Waals surface area contributed by atoms with E-state index in [1.165, 1.54) is 0 Å². The lowest BCUT2D eigenvalue weighted by Gasteiger charge is -2.14. The maximum Gasteiger partial charge on any atom is 0.253 e. The van der Waals surface area contributed by atoms with Crippen LogP contribution < -0.4 is 21.5 Å². The highest BCUT2D eigenvalue weighted by Gasteiger charge is 2.19. The van der Waals surface area contributed by atoms with Crippen molar-refractivity contribution in [2.75, 3.05) is 23.8 Å². The summed E-state index contributed by atoms with van der Waals surface area (Å²) < 4.78 is 0. The Morgan fingerprint density at radius 2 is 1.67 bits per heavy atom. The number of pyridine rings is 1. The number of aliphatic hydroxyl groups excluding tert-OH is 1. The van der Waals surface area contributed by atoms with Gasteiger partial charge in [-0.15, -0.1) is 0 Å². The number of anilines is 2. The van der Waals surface area contributed by atoms with E-state index in [1.54, 1.807) is 12.4 Å². The zero-order chi connectivity index (χ0) is 13.0. The van der Waals surface area contributed by atoms with Crippen LogP contribution in [0.3, 0.4) is 0 Å². The van der Waals surface area contributed by atoms with Gasteiger partial charge in [-0.2, -0.15) is 0 Å². The molecule has 0 amide bonds. The van der Waals surface area contributed by atoms with Crippen molar-refractivity contribution in [2.45, 2.75) is 6.54 Å². The number of hydrogen-bond donors (Lipinski definition) is 3.